The second kappa shape index (κ2) is 14.4. The van der Waals surface area contributed by atoms with E-state index in [1.54, 1.807) is 13.2 Å². The van der Waals surface area contributed by atoms with E-state index >= 15 is 0 Å². The molecule has 162 valence electrons. The van der Waals surface area contributed by atoms with Gasteiger partial charge in [-0.05, 0) is 49.3 Å². The molecule has 1 N–H and O–H groups in total. The van der Waals surface area contributed by atoms with E-state index in [0.717, 1.165) is 24.8 Å². The van der Waals surface area contributed by atoms with Gasteiger partial charge in [0.1, 0.15) is 0 Å². The first-order valence-corrected chi connectivity index (χ1v) is 10.3. The van der Waals surface area contributed by atoms with Crippen molar-refractivity contribution in [2.24, 2.45) is 5.92 Å². The quantitative estimate of drug-likeness (QED) is 0.200. The Balaban J connectivity index is 2.33. The summed E-state index contributed by atoms with van der Waals surface area (Å²) >= 11 is 0. The Morgan fingerprint density at radius 2 is 2.00 bits per heavy atom. The number of hydrogen-bond acceptors (Lipinski definition) is 5. The Morgan fingerprint density at radius 1 is 1.21 bits per heavy atom. The largest absolute Gasteiger partial charge is 0.493 e. The van der Waals surface area contributed by atoms with Crippen LogP contribution in [0, 0.1) is 16.0 Å². The molecule has 0 radical (unpaired) electrons. The zero-order valence-corrected chi connectivity index (χ0v) is 17.8. The van der Waals surface area contributed by atoms with Crippen LogP contribution in [0.25, 0.3) is 0 Å². The Morgan fingerprint density at radius 3 is 2.69 bits per heavy atom. The normalized spacial score (nSPS) is 11.0. The minimum Gasteiger partial charge on any atom is -0.493 e. The van der Waals surface area contributed by atoms with Crippen molar-refractivity contribution in [1.82, 2.24) is 5.32 Å². The molecule has 0 aliphatic heterocycles. The fourth-order valence-electron chi connectivity index (χ4n) is 2.67. The molecule has 0 heterocycles. The second-order valence-corrected chi connectivity index (χ2v) is 7.29. The van der Waals surface area contributed by atoms with Crippen LogP contribution in [0.5, 0.6) is 11.5 Å². The molecule has 1 aromatic carbocycles. The van der Waals surface area contributed by atoms with Crippen molar-refractivity contribution in [3.05, 3.63) is 46.0 Å². The number of ether oxygens (including phenoxy) is 2. The lowest BCUT2D eigenvalue weighted by atomic mass is 10.1. The molecule has 1 aromatic rings. The third-order valence-electron chi connectivity index (χ3n) is 4.26. The number of unbranched alkanes of at least 4 members (excludes halogenated alkanes) is 3. The molecular weight excluding hydrogens is 372 g/mol. The minimum absolute atomic E-state index is 0.0444. The van der Waals surface area contributed by atoms with Gasteiger partial charge in [0.15, 0.2) is 11.5 Å². The maximum Gasteiger partial charge on any atom is 0.220 e. The zero-order valence-electron chi connectivity index (χ0n) is 17.8. The number of carbonyl (C=O) groups is 1. The van der Waals surface area contributed by atoms with Gasteiger partial charge in [0.2, 0.25) is 12.5 Å². The van der Waals surface area contributed by atoms with Gasteiger partial charge in [0, 0.05) is 24.3 Å². The number of methoxy groups -OCH3 is 1. The van der Waals surface area contributed by atoms with Gasteiger partial charge >= 0.3 is 0 Å². The zero-order chi connectivity index (χ0) is 21.5. The number of nitrogens with zero attached hydrogens (tertiary/aromatic N) is 1. The van der Waals surface area contributed by atoms with Crippen LogP contribution in [0.2, 0.25) is 0 Å². The summed E-state index contributed by atoms with van der Waals surface area (Å²) < 4.78 is 11.0. The molecule has 0 fully saturated rings. The van der Waals surface area contributed by atoms with Crippen LogP contribution in [-0.4, -0.2) is 31.1 Å². The van der Waals surface area contributed by atoms with Gasteiger partial charge in [-0.1, -0.05) is 32.1 Å². The molecule has 7 heteroatoms. The van der Waals surface area contributed by atoms with Crippen LogP contribution in [0.1, 0.15) is 57.9 Å². The number of amides is 1. The van der Waals surface area contributed by atoms with Crippen LogP contribution in [0.3, 0.4) is 0 Å². The summed E-state index contributed by atoms with van der Waals surface area (Å²) in [5.41, 5.74) is 0.927. The third-order valence-corrected chi connectivity index (χ3v) is 4.26. The predicted octanol–water partition coefficient (Wildman–Crippen LogP) is 4.52. The van der Waals surface area contributed by atoms with E-state index in [2.05, 4.69) is 31.3 Å². The molecule has 29 heavy (non-hydrogen) atoms. The average molecular weight is 407 g/mol. The molecule has 0 saturated heterocycles. The molecular formula is C22H34N2O5. The number of nitrogens with one attached hydrogen (secondary N) is 1. The lowest BCUT2D eigenvalue weighted by Crippen LogP contribution is -2.22. The predicted molar refractivity (Wildman–Crippen MR) is 114 cm³/mol. The Labute approximate surface area is 173 Å². The summed E-state index contributed by atoms with van der Waals surface area (Å²) in [5, 5.41) is 13.2. The molecule has 1 amide bonds. The summed E-state index contributed by atoms with van der Waals surface area (Å²) in [6, 6.07) is 5.52. The second-order valence-electron chi connectivity index (χ2n) is 7.29. The highest BCUT2D eigenvalue weighted by Gasteiger charge is 2.08. The molecule has 7 nitrogen and oxygen atoms in total. The third kappa shape index (κ3) is 11.8. The van der Waals surface area contributed by atoms with Crippen molar-refractivity contribution >= 4 is 5.91 Å². The average Bonchev–Trinajstić information content (AvgIpc) is 2.68. The summed E-state index contributed by atoms with van der Waals surface area (Å²) in [6.07, 6.45) is 8.88. The molecule has 0 atom stereocenters. The van der Waals surface area contributed by atoms with E-state index in [1.807, 2.05) is 12.1 Å². The Hall–Kier alpha value is -2.57. The van der Waals surface area contributed by atoms with Gasteiger partial charge in [-0.2, -0.15) is 0 Å². The summed E-state index contributed by atoms with van der Waals surface area (Å²) in [5.74, 6) is 1.80. The van der Waals surface area contributed by atoms with E-state index in [1.165, 1.54) is 0 Å². The first kappa shape index (κ1) is 24.5. The van der Waals surface area contributed by atoms with Gasteiger partial charge < -0.3 is 14.8 Å². The van der Waals surface area contributed by atoms with E-state index in [0.29, 0.717) is 49.8 Å². The van der Waals surface area contributed by atoms with Crippen molar-refractivity contribution in [1.29, 1.82) is 0 Å². The SMILES string of the molecule is COc1cc(CNC(=O)CCCC/C=C/C(C)C)ccc1OCCCC[N+](=O)[O-]. The standard InChI is InChI=1S/C22H34N2O5/c1-18(2)10-6-4-5-7-11-22(25)23-17-19-12-13-20(21(16-19)28-3)29-15-9-8-14-24(26)27/h6,10,12-13,16,18H,4-5,7-9,11,14-15,17H2,1-3H3,(H,23,25)/b10-6+. The highest BCUT2D eigenvalue weighted by atomic mass is 16.6. The molecule has 0 spiro atoms. The summed E-state index contributed by atoms with van der Waals surface area (Å²) in [4.78, 5) is 22.0. The maximum atomic E-state index is 12.0. The molecule has 0 aromatic heterocycles. The highest BCUT2D eigenvalue weighted by molar-refractivity contribution is 5.75. The number of hydrogen-bond donors (Lipinski definition) is 1. The van der Waals surface area contributed by atoms with E-state index in [-0.39, 0.29) is 17.4 Å². The van der Waals surface area contributed by atoms with Crippen molar-refractivity contribution in [3.63, 3.8) is 0 Å². The molecule has 0 unspecified atom stereocenters. The highest BCUT2D eigenvalue weighted by Crippen LogP contribution is 2.28. The lowest BCUT2D eigenvalue weighted by molar-refractivity contribution is -0.480. The topological polar surface area (TPSA) is 90.7 Å². The summed E-state index contributed by atoms with van der Waals surface area (Å²) in [6.45, 7) is 5.08. The lowest BCUT2D eigenvalue weighted by Gasteiger charge is -2.12. The molecule has 0 bridgehead atoms. The van der Waals surface area contributed by atoms with Gasteiger partial charge in [-0.3, -0.25) is 14.9 Å². The van der Waals surface area contributed by atoms with E-state index in [9.17, 15) is 14.9 Å². The van der Waals surface area contributed by atoms with Crippen molar-refractivity contribution in [3.8, 4) is 11.5 Å². The monoisotopic (exact) mass is 406 g/mol. The van der Waals surface area contributed by atoms with Crippen LogP contribution in [-0.2, 0) is 11.3 Å². The van der Waals surface area contributed by atoms with Crippen LogP contribution < -0.4 is 14.8 Å². The van der Waals surface area contributed by atoms with Gasteiger partial charge in [0.05, 0.1) is 13.7 Å². The molecule has 0 saturated carbocycles. The van der Waals surface area contributed by atoms with Gasteiger partial charge in [0.25, 0.3) is 0 Å². The van der Waals surface area contributed by atoms with Crippen LogP contribution in [0.4, 0.5) is 0 Å². The fourth-order valence-corrected chi connectivity index (χ4v) is 2.67. The number of carbonyl (C=O) groups excluding carboxylic acids is 1. The van der Waals surface area contributed by atoms with Crippen LogP contribution >= 0.6 is 0 Å². The van der Waals surface area contributed by atoms with E-state index in [4.69, 9.17) is 9.47 Å². The minimum atomic E-state index is -0.326. The van der Waals surface area contributed by atoms with E-state index < -0.39 is 0 Å². The van der Waals surface area contributed by atoms with Crippen molar-refractivity contribution < 1.29 is 19.2 Å². The van der Waals surface area contributed by atoms with Crippen LogP contribution in [0.15, 0.2) is 30.4 Å². The van der Waals surface area contributed by atoms with Gasteiger partial charge in [-0.15, -0.1) is 0 Å². The first-order chi connectivity index (χ1) is 13.9. The smallest absolute Gasteiger partial charge is 0.220 e. The molecule has 1 rings (SSSR count). The van der Waals surface area contributed by atoms with Crippen molar-refractivity contribution in [2.45, 2.75) is 58.9 Å². The first-order valence-electron chi connectivity index (χ1n) is 10.3. The number of rotatable bonds is 15. The molecule has 0 aliphatic carbocycles. The van der Waals surface area contributed by atoms with Gasteiger partial charge in [-0.25, -0.2) is 0 Å². The van der Waals surface area contributed by atoms with Crippen molar-refractivity contribution in [2.75, 3.05) is 20.3 Å². The molecule has 0 aliphatic rings. The Kier molecular flexibility index (Phi) is 12.2. The Bertz CT molecular complexity index is 659. The number of benzene rings is 1. The summed E-state index contributed by atoms with van der Waals surface area (Å²) in [7, 11) is 1.56. The fraction of sp³-hybridized carbons (Fsp3) is 0.591. The number of allylic oxidation sites excluding steroid dienone is 2. The number of nitro groups is 1. The maximum absolute atomic E-state index is 12.0.